The highest BCUT2D eigenvalue weighted by atomic mass is 32.1. The quantitative estimate of drug-likeness (QED) is 0.132. The Morgan fingerprint density at radius 2 is 0.677 bits per heavy atom. The van der Waals surface area contributed by atoms with Crippen LogP contribution in [0.2, 0.25) is 0 Å². The normalized spacial score (nSPS) is 11.1. The van der Waals surface area contributed by atoms with Gasteiger partial charge in [-0.3, -0.25) is 0 Å². The van der Waals surface area contributed by atoms with Crippen LogP contribution in [0.4, 0.5) is 62.6 Å². The zero-order chi connectivity index (χ0) is 43.4. The molecule has 5 heteroatoms. The molecule has 0 aliphatic carbocycles. The van der Waals surface area contributed by atoms with E-state index in [0.29, 0.717) is 0 Å². The molecule has 11 rings (SSSR count). The van der Waals surface area contributed by atoms with E-state index in [1.807, 2.05) is 17.4 Å². The fourth-order valence-corrected chi connectivity index (χ4v) is 9.92. The average molecular weight is 853 g/mol. The van der Waals surface area contributed by atoms with Gasteiger partial charge in [0, 0.05) is 71.2 Å². The lowest BCUT2D eigenvalue weighted by atomic mass is 10.0. The van der Waals surface area contributed by atoms with E-state index in [-0.39, 0.29) is 0 Å². The number of nitrogens with zero attached hydrogens (tertiary/aromatic N) is 3. The third-order valence-electron chi connectivity index (χ3n) is 11.8. The molecule has 1 aromatic heterocycles. The van der Waals surface area contributed by atoms with E-state index >= 15 is 0 Å². The monoisotopic (exact) mass is 852 g/mol. The van der Waals surface area contributed by atoms with E-state index in [9.17, 15) is 0 Å². The van der Waals surface area contributed by atoms with Gasteiger partial charge in [0.25, 0.3) is 0 Å². The van der Waals surface area contributed by atoms with Crippen LogP contribution < -0.4 is 20.0 Å². The molecule has 0 fully saturated rings. The average Bonchev–Trinajstić information content (AvgIpc) is 3.74. The van der Waals surface area contributed by atoms with Crippen molar-refractivity contribution in [1.82, 2.24) is 0 Å². The Labute approximate surface area is 384 Å². The molecule has 0 bridgehead atoms. The molecule has 0 aliphatic rings. The standard InChI is InChI=1S/C60H44N4S/c1-6-20-45(21-7-1)61-58-32-18-16-30-55(58)44-34-36-50(37-35-44)63(48-26-12-4-13-27-48)53-40-52(62(46-22-8-2-9-23-46)47-24-10-3-11-25-47)41-54(42-53)64(49-28-14-5-15-29-49)51-38-39-57-56-31-17-19-33-59(56)65-60(57)43-51/h1-43,61H. The van der Waals surface area contributed by atoms with Crippen LogP contribution in [0.25, 0.3) is 31.3 Å². The fraction of sp³-hybridized carbons (Fsp3) is 0. The highest BCUT2D eigenvalue weighted by Gasteiger charge is 2.23. The highest BCUT2D eigenvalue weighted by molar-refractivity contribution is 7.25. The van der Waals surface area contributed by atoms with Gasteiger partial charge in [-0.15, -0.1) is 11.3 Å². The van der Waals surface area contributed by atoms with Gasteiger partial charge in [-0.1, -0.05) is 146 Å². The van der Waals surface area contributed by atoms with Crippen molar-refractivity contribution in [3.63, 3.8) is 0 Å². The van der Waals surface area contributed by atoms with Crippen LogP contribution >= 0.6 is 11.3 Å². The molecule has 0 saturated carbocycles. The maximum Gasteiger partial charge on any atom is 0.0503 e. The number of hydrogen-bond donors (Lipinski definition) is 1. The SMILES string of the molecule is c1ccc(Nc2ccccc2-c2ccc(N(c3ccccc3)c3cc(N(c4ccccc4)c4ccccc4)cc(N(c4ccccc4)c4ccc5c(c4)sc4ccccc45)c3)cc2)cc1. The van der Waals surface area contributed by atoms with Crippen molar-refractivity contribution in [2.75, 3.05) is 20.0 Å². The summed E-state index contributed by atoms with van der Waals surface area (Å²) in [5.41, 5.74) is 13.8. The third-order valence-corrected chi connectivity index (χ3v) is 12.9. The number of hydrogen-bond acceptors (Lipinski definition) is 5. The summed E-state index contributed by atoms with van der Waals surface area (Å²) in [6.07, 6.45) is 0. The van der Waals surface area contributed by atoms with Crippen LogP contribution in [-0.2, 0) is 0 Å². The molecule has 0 aliphatic heterocycles. The second kappa shape index (κ2) is 17.8. The first kappa shape index (κ1) is 39.5. The Kier molecular flexibility index (Phi) is 10.8. The maximum absolute atomic E-state index is 3.64. The molecule has 1 heterocycles. The molecule has 310 valence electrons. The molecule has 65 heavy (non-hydrogen) atoms. The van der Waals surface area contributed by atoms with E-state index in [1.54, 1.807) is 0 Å². The van der Waals surface area contributed by atoms with Gasteiger partial charge in [0.15, 0.2) is 0 Å². The van der Waals surface area contributed by atoms with Crippen LogP contribution in [0.15, 0.2) is 261 Å². The van der Waals surface area contributed by atoms with Gasteiger partial charge in [0.1, 0.15) is 0 Å². The molecular formula is C60H44N4S. The summed E-state index contributed by atoms with van der Waals surface area (Å²) in [6, 6.07) is 93.1. The van der Waals surface area contributed by atoms with E-state index in [4.69, 9.17) is 0 Å². The van der Waals surface area contributed by atoms with Crippen molar-refractivity contribution in [2.45, 2.75) is 0 Å². The molecule has 0 saturated heterocycles. The Hall–Kier alpha value is -8.38. The van der Waals surface area contributed by atoms with E-state index in [2.05, 4.69) is 275 Å². The van der Waals surface area contributed by atoms with Crippen LogP contribution in [0.5, 0.6) is 0 Å². The minimum atomic E-state index is 1.02. The largest absolute Gasteiger partial charge is 0.355 e. The summed E-state index contributed by atoms with van der Waals surface area (Å²) in [4.78, 5) is 7.12. The predicted octanol–water partition coefficient (Wildman–Crippen LogP) is 17.9. The number of anilines is 11. The van der Waals surface area contributed by atoms with E-state index < -0.39 is 0 Å². The Bertz CT molecular complexity index is 3300. The summed E-state index contributed by atoms with van der Waals surface area (Å²) in [5.74, 6) is 0. The molecule has 0 atom stereocenters. The van der Waals surface area contributed by atoms with Gasteiger partial charge in [-0.2, -0.15) is 0 Å². The first-order valence-electron chi connectivity index (χ1n) is 21.9. The van der Waals surface area contributed by atoms with Gasteiger partial charge in [-0.05, 0) is 121 Å². The van der Waals surface area contributed by atoms with Crippen molar-refractivity contribution in [3.05, 3.63) is 261 Å². The number of nitrogens with one attached hydrogen (secondary N) is 1. The molecule has 11 aromatic rings. The number of para-hydroxylation sites is 6. The van der Waals surface area contributed by atoms with Gasteiger partial charge in [-0.25, -0.2) is 0 Å². The van der Waals surface area contributed by atoms with Crippen LogP contribution in [0.3, 0.4) is 0 Å². The van der Waals surface area contributed by atoms with Crippen molar-refractivity contribution >= 4 is 94.1 Å². The summed E-state index contributed by atoms with van der Waals surface area (Å²) >= 11 is 1.84. The smallest absolute Gasteiger partial charge is 0.0503 e. The van der Waals surface area contributed by atoms with Crippen molar-refractivity contribution in [2.24, 2.45) is 0 Å². The Morgan fingerprint density at radius 3 is 1.22 bits per heavy atom. The summed E-state index contributed by atoms with van der Waals surface area (Å²) < 4.78 is 2.54. The van der Waals surface area contributed by atoms with Crippen LogP contribution in [0, 0.1) is 0 Å². The van der Waals surface area contributed by atoms with Gasteiger partial charge < -0.3 is 20.0 Å². The second-order valence-electron chi connectivity index (χ2n) is 15.9. The highest BCUT2D eigenvalue weighted by Crippen LogP contribution is 2.47. The summed E-state index contributed by atoms with van der Waals surface area (Å²) in [7, 11) is 0. The lowest BCUT2D eigenvalue weighted by Gasteiger charge is -2.33. The predicted molar refractivity (Wildman–Crippen MR) is 279 cm³/mol. The zero-order valence-electron chi connectivity index (χ0n) is 35.6. The summed E-state index contributed by atoms with van der Waals surface area (Å²) in [6.45, 7) is 0. The minimum absolute atomic E-state index is 1.02. The van der Waals surface area contributed by atoms with E-state index in [1.165, 1.54) is 20.2 Å². The summed E-state index contributed by atoms with van der Waals surface area (Å²) in [5, 5.41) is 6.20. The van der Waals surface area contributed by atoms with Gasteiger partial charge in [0.05, 0.1) is 17.1 Å². The molecule has 4 nitrogen and oxygen atoms in total. The lowest BCUT2D eigenvalue weighted by Crippen LogP contribution is -2.16. The number of thiophene rings is 1. The molecular weight excluding hydrogens is 809 g/mol. The molecule has 10 aromatic carbocycles. The first-order valence-corrected chi connectivity index (χ1v) is 22.7. The van der Waals surface area contributed by atoms with Crippen LogP contribution in [-0.4, -0.2) is 0 Å². The number of fused-ring (bicyclic) bond motifs is 3. The molecule has 0 radical (unpaired) electrons. The molecule has 0 unspecified atom stereocenters. The fourth-order valence-electron chi connectivity index (χ4n) is 8.78. The van der Waals surface area contributed by atoms with Crippen molar-refractivity contribution in [1.29, 1.82) is 0 Å². The molecule has 1 N–H and O–H groups in total. The van der Waals surface area contributed by atoms with Crippen molar-refractivity contribution in [3.8, 4) is 11.1 Å². The first-order chi connectivity index (χ1) is 32.2. The van der Waals surface area contributed by atoms with Gasteiger partial charge in [0.2, 0.25) is 0 Å². The van der Waals surface area contributed by atoms with Crippen molar-refractivity contribution < 1.29 is 0 Å². The zero-order valence-corrected chi connectivity index (χ0v) is 36.4. The molecule has 0 amide bonds. The maximum atomic E-state index is 3.64. The lowest BCUT2D eigenvalue weighted by molar-refractivity contribution is 1.22. The second-order valence-corrected chi connectivity index (χ2v) is 17.0. The van der Waals surface area contributed by atoms with Crippen LogP contribution in [0.1, 0.15) is 0 Å². The molecule has 0 spiro atoms. The topological polar surface area (TPSA) is 21.8 Å². The number of rotatable bonds is 12. The Morgan fingerprint density at radius 1 is 0.277 bits per heavy atom. The van der Waals surface area contributed by atoms with E-state index in [0.717, 1.165) is 73.7 Å². The number of benzene rings is 10. The Balaban J connectivity index is 1.11. The van der Waals surface area contributed by atoms with Gasteiger partial charge >= 0.3 is 0 Å². The third kappa shape index (κ3) is 8.09. The minimum Gasteiger partial charge on any atom is -0.355 e.